The Kier molecular flexibility index (Phi) is 5.74. The molecule has 0 aliphatic carbocycles. The zero-order chi connectivity index (χ0) is 20.8. The second kappa shape index (κ2) is 8.00. The van der Waals surface area contributed by atoms with Crippen LogP contribution in [0.2, 0.25) is 5.15 Å². The minimum atomic E-state index is -3.62. The highest BCUT2D eigenvalue weighted by molar-refractivity contribution is 7.89. The third kappa shape index (κ3) is 3.96. The lowest BCUT2D eigenvalue weighted by Gasteiger charge is -2.22. The van der Waals surface area contributed by atoms with Gasteiger partial charge in [-0.05, 0) is 37.3 Å². The third-order valence-corrected chi connectivity index (χ3v) is 8.74. The first-order chi connectivity index (χ1) is 13.8. The maximum Gasteiger partial charge on any atom is 0.248 e. The van der Waals surface area contributed by atoms with E-state index >= 15 is 0 Å². The van der Waals surface area contributed by atoms with E-state index in [1.807, 2.05) is 18.2 Å². The van der Waals surface area contributed by atoms with E-state index < -0.39 is 10.0 Å². The minimum absolute atomic E-state index is 0.0317. The molecule has 0 spiro atoms. The fourth-order valence-corrected chi connectivity index (χ4v) is 6.91. The lowest BCUT2D eigenvalue weighted by Crippen LogP contribution is -2.34. The average molecular weight is 438 g/mol. The van der Waals surface area contributed by atoms with Crippen molar-refractivity contribution < 1.29 is 8.42 Å². The Hall–Kier alpha value is -1.45. The third-order valence-electron chi connectivity index (χ3n) is 6.21. The van der Waals surface area contributed by atoms with E-state index in [-0.39, 0.29) is 16.1 Å². The summed E-state index contributed by atoms with van der Waals surface area (Å²) in [5.41, 5.74) is 7.94. The van der Waals surface area contributed by atoms with E-state index in [4.69, 9.17) is 17.3 Å². The number of aryl methyl sites for hydroxylation is 2. The van der Waals surface area contributed by atoms with Crippen LogP contribution in [0.4, 0.5) is 0 Å². The van der Waals surface area contributed by atoms with Gasteiger partial charge in [-0.15, -0.1) is 0 Å². The number of nitrogens with zero attached hydrogens (tertiary/aromatic N) is 4. The largest absolute Gasteiger partial charge is 0.324 e. The molecule has 4 rings (SSSR count). The van der Waals surface area contributed by atoms with Crippen LogP contribution in [0.3, 0.4) is 0 Å². The number of halogens is 1. The molecule has 29 heavy (non-hydrogen) atoms. The smallest absolute Gasteiger partial charge is 0.248 e. The van der Waals surface area contributed by atoms with Crippen LogP contribution in [0, 0.1) is 18.8 Å². The Morgan fingerprint density at radius 3 is 2.34 bits per heavy atom. The number of likely N-dealkylation sites (tertiary alicyclic amines) is 1. The van der Waals surface area contributed by atoms with Gasteiger partial charge in [0.15, 0.2) is 0 Å². The lowest BCUT2D eigenvalue weighted by molar-refractivity contribution is 0.286. The molecule has 2 fully saturated rings. The van der Waals surface area contributed by atoms with E-state index in [1.165, 1.54) is 4.68 Å². The summed E-state index contributed by atoms with van der Waals surface area (Å²) in [6, 6.07) is 10.2. The molecule has 0 bridgehead atoms. The molecule has 7 nitrogen and oxygen atoms in total. The fraction of sp³-hybridized carbons (Fsp3) is 0.550. The van der Waals surface area contributed by atoms with Gasteiger partial charge < -0.3 is 10.6 Å². The zero-order valence-electron chi connectivity index (χ0n) is 16.8. The quantitative estimate of drug-likeness (QED) is 0.747. The predicted molar refractivity (Wildman–Crippen MR) is 113 cm³/mol. The number of sulfonamides is 1. The summed E-state index contributed by atoms with van der Waals surface area (Å²) in [4.78, 5) is 2.57. The van der Waals surface area contributed by atoms with Gasteiger partial charge in [-0.25, -0.2) is 8.42 Å². The number of benzene rings is 1. The lowest BCUT2D eigenvalue weighted by atomic mass is 10.0. The number of hydrogen-bond donors (Lipinski definition) is 1. The first-order valence-electron chi connectivity index (χ1n) is 9.99. The molecule has 1 aromatic carbocycles. The number of fused-ring (bicyclic) bond motifs is 1. The van der Waals surface area contributed by atoms with Gasteiger partial charge in [0.25, 0.3) is 0 Å². The molecule has 2 aliphatic heterocycles. The number of aromatic nitrogens is 2. The van der Waals surface area contributed by atoms with E-state index in [9.17, 15) is 8.42 Å². The van der Waals surface area contributed by atoms with Crippen molar-refractivity contribution in [3.8, 4) is 0 Å². The van der Waals surface area contributed by atoms with Crippen LogP contribution in [0.1, 0.15) is 23.7 Å². The summed E-state index contributed by atoms with van der Waals surface area (Å²) in [7, 11) is -1.96. The maximum atomic E-state index is 13.1. The first-order valence-corrected chi connectivity index (χ1v) is 11.8. The van der Waals surface area contributed by atoms with Crippen molar-refractivity contribution in [1.29, 1.82) is 0 Å². The Labute approximate surface area is 177 Å². The molecule has 9 heteroatoms. The summed E-state index contributed by atoms with van der Waals surface area (Å²) in [6.45, 7) is 5.53. The summed E-state index contributed by atoms with van der Waals surface area (Å²) in [5.74, 6) is 0.710. The summed E-state index contributed by atoms with van der Waals surface area (Å²) < 4.78 is 29.3. The molecule has 1 aromatic heterocycles. The van der Waals surface area contributed by atoms with E-state index in [0.29, 0.717) is 30.6 Å². The molecule has 2 aliphatic rings. The second-order valence-electron chi connectivity index (χ2n) is 8.24. The molecular weight excluding hydrogens is 410 g/mol. The number of nitrogens with two attached hydrogens (primary N) is 1. The summed E-state index contributed by atoms with van der Waals surface area (Å²) in [5, 5.41) is 4.33. The number of hydrogen-bond acceptors (Lipinski definition) is 5. The topological polar surface area (TPSA) is 84.5 Å². The van der Waals surface area contributed by atoms with Crippen molar-refractivity contribution in [3.05, 3.63) is 46.7 Å². The number of rotatable bonds is 6. The van der Waals surface area contributed by atoms with Crippen molar-refractivity contribution in [3.63, 3.8) is 0 Å². The summed E-state index contributed by atoms with van der Waals surface area (Å²) in [6.07, 6.45) is 0.899. The fourth-order valence-electron chi connectivity index (χ4n) is 4.65. The van der Waals surface area contributed by atoms with Gasteiger partial charge in [-0.1, -0.05) is 41.9 Å². The molecule has 158 valence electrons. The van der Waals surface area contributed by atoms with Gasteiger partial charge in [0.2, 0.25) is 10.0 Å². The van der Waals surface area contributed by atoms with Crippen LogP contribution >= 0.6 is 11.6 Å². The Balaban J connectivity index is 1.35. The SMILES string of the molecule is Cc1nn(C)c(Cl)c1S(=O)(=O)N1CC2CN(CC[C@H](N)c3ccccc3)CC2C1. The molecule has 3 heterocycles. The molecular formula is C20H28ClN5O2S. The Morgan fingerprint density at radius 2 is 1.79 bits per heavy atom. The van der Waals surface area contributed by atoms with Crippen molar-refractivity contribution in [1.82, 2.24) is 19.0 Å². The maximum absolute atomic E-state index is 13.1. The van der Waals surface area contributed by atoms with E-state index in [1.54, 1.807) is 18.3 Å². The van der Waals surface area contributed by atoms with Crippen molar-refractivity contribution >= 4 is 21.6 Å². The van der Waals surface area contributed by atoms with Gasteiger partial charge in [-0.3, -0.25) is 4.68 Å². The Bertz CT molecular complexity index is 964. The first kappa shape index (κ1) is 20.8. The van der Waals surface area contributed by atoms with Gasteiger partial charge in [0, 0.05) is 39.3 Å². The predicted octanol–water partition coefficient (Wildman–Crippen LogP) is 2.02. The molecule has 3 atom stereocenters. The molecule has 2 unspecified atom stereocenters. The highest BCUT2D eigenvalue weighted by Crippen LogP contribution is 2.36. The molecule has 2 aromatic rings. The van der Waals surface area contributed by atoms with Crippen LogP contribution in [0.15, 0.2) is 35.2 Å². The molecule has 2 saturated heterocycles. The van der Waals surface area contributed by atoms with Crippen LogP contribution in [0.25, 0.3) is 0 Å². The van der Waals surface area contributed by atoms with E-state index in [0.717, 1.165) is 31.6 Å². The highest BCUT2D eigenvalue weighted by atomic mass is 35.5. The van der Waals surface area contributed by atoms with Crippen LogP contribution in [-0.2, 0) is 17.1 Å². The van der Waals surface area contributed by atoms with Crippen LogP contribution in [-0.4, -0.2) is 60.1 Å². The second-order valence-corrected chi connectivity index (χ2v) is 10.5. The van der Waals surface area contributed by atoms with Crippen LogP contribution < -0.4 is 5.73 Å². The van der Waals surface area contributed by atoms with Crippen LogP contribution in [0.5, 0.6) is 0 Å². The summed E-state index contributed by atoms with van der Waals surface area (Å²) >= 11 is 6.22. The normalized spacial score (nSPS) is 24.1. The molecule has 0 radical (unpaired) electrons. The monoisotopic (exact) mass is 437 g/mol. The Morgan fingerprint density at radius 1 is 1.17 bits per heavy atom. The van der Waals surface area contributed by atoms with Crippen molar-refractivity contribution in [2.45, 2.75) is 24.3 Å². The van der Waals surface area contributed by atoms with Gasteiger partial charge in [0.05, 0.1) is 5.69 Å². The average Bonchev–Trinajstić information content (AvgIpc) is 3.32. The van der Waals surface area contributed by atoms with Crippen molar-refractivity contribution in [2.24, 2.45) is 24.6 Å². The van der Waals surface area contributed by atoms with E-state index in [2.05, 4.69) is 22.1 Å². The van der Waals surface area contributed by atoms with Gasteiger partial charge >= 0.3 is 0 Å². The molecule has 2 N–H and O–H groups in total. The van der Waals surface area contributed by atoms with Crippen molar-refractivity contribution in [2.75, 3.05) is 32.7 Å². The molecule has 0 amide bonds. The minimum Gasteiger partial charge on any atom is -0.324 e. The van der Waals surface area contributed by atoms with Gasteiger partial charge in [-0.2, -0.15) is 9.40 Å². The standard InChI is InChI=1S/C20H28ClN5O2S/c1-14-19(20(21)24(2)23-14)29(27,28)26-12-16-10-25(11-17(16)13-26)9-8-18(22)15-6-4-3-5-7-15/h3-7,16-18H,8-13,22H2,1-2H3/t16?,17?,18-/m0/s1. The zero-order valence-corrected chi connectivity index (χ0v) is 18.4. The highest BCUT2D eigenvalue weighted by Gasteiger charge is 2.45. The molecule has 0 saturated carbocycles. The van der Waals surface area contributed by atoms with Gasteiger partial charge in [0.1, 0.15) is 10.0 Å².